The van der Waals surface area contributed by atoms with Crippen molar-refractivity contribution in [3.63, 3.8) is 0 Å². The molecule has 0 aromatic carbocycles. The predicted molar refractivity (Wildman–Crippen MR) is 74.6 cm³/mol. The zero-order chi connectivity index (χ0) is 13.4. The normalized spacial score (nSPS) is 11.1. The molecular weight excluding hydrogens is 226 g/mol. The van der Waals surface area contributed by atoms with Crippen molar-refractivity contribution in [1.82, 2.24) is 9.78 Å². The Morgan fingerprint density at radius 3 is 2.50 bits per heavy atom. The maximum absolute atomic E-state index is 5.83. The van der Waals surface area contributed by atoms with Gasteiger partial charge in [-0.2, -0.15) is 5.10 Å². The van der Waals surface area contributed by atoms with Gasteiger partial charge in [-0.05, 0) is 19.3 Å². The fourth-order valence-corrected chi connectivity index (χ4v) is 2.19. The number of nitrogens with zero attached hydrogens (tertiary/aromatic N) is 2. The van der Waals surface area contributed by atoms with E-state index in [9.17, 15) is 0 Å². The Morgan fingerprint density at radius 2 is 1.94 bits per heavy atom. The van der Waals surface area contributed by atoms with Crippen molar-refractivity contribution in [2.75, 3.05) is 13.2 Å². The molecule has 0 radical (unpaired) electrons. The number of aromatic nitrogens is 2. The Balaban J connectivity index is 2.61. The molecule has 0 bridgehead atoms. The summed E-state index contributed by atoms with van der Waals surface area (Å²) in [5, 5.41) is 4.64. The summed E-state index contributed by atoms with van der Waals surface area (Å²) < 4.78 is 7.68. The molecule has 0 unspecified atom stereocenters. The van der Waals surface area contributed by atoms with Crippen LogP contribution in [0.3, 0.4) is 0 Å². The first-order valence-corrected chi connectivity index (χ1v) is 7.13. The van der Waals surface area contributed by atoms with E-state index in [-0.39, 0.29) is 0 Å². The molecule has 1 heterocycles. The van der Waals surface area contributed by atoms with Crippen molar-refractivity contribution in [1.29, 1.82) is 0 Å². The van der Waals surface area contributed by atoms with Crippen LogP contribution < -0.4 is 5.73 Å². The number of rotatable bonds is 9. The highest BCUT2D eigenvalue weighted by Gasteiger charge is 2.13. The van der Waals surface area contributed by atoms with Crippen LogP contribution in [0.4, 0.5) is 0 Å². The van der Waals surface area contributed by atoms with Crippen molar-refractivity contribution in [3.05, 3.63) is 17.0 Å². The van der Waals surface area contributed by atoms with Crippen molar-refractivity contribution in [3.8, 4) is 0 Å². The van der Waals surface area contributed by atoms with Gasteiger partial charge in [0.2, 0.25) is 0 Å². The van der Waals surface area contributed by atoms with Crippen LogP contribution in [0.15, 0.2) is 0 Å². The van der Waals surface area contributed by atoms with Gasteiger partial charge < -0.3 is 10.5 Å². The van der Waals surface area contributed by atoms with E-state index >= 15 is 0 Å². The average molecular weight is 253 g/mol. The number of ether oxygens (including phenoxy) is 1. The second kappa shape index (κ2) is 8.27. The summed E-state index contributed by atoms with van der Waals surface area (Å²) in [5.41, 5.74) is 9.47. The van der Waals surface area contributed by atoms with Gasteiger partial charge >= 0.3 is 0 Å². The van der Waals surface area contributed by atoms with Crippen LogP contribution in [-0.2, 0) is 30.7 Å². The molecule has 1 aromatic rings. The molecule has 4 heteroatoms. The molecule has 1 aromatic heterocycles. The van der Waals surface area contributed by atoms with Gasteiger partial charge in [0.1, 0.15) is 0 Å². The number of hydrogen-bond donors (Lipinski definition) is 1. The molecule has 0 aliphatic heterocycles. The molecule has 0 spiro atoms. The molecule has 18 heavy (non-hydrogen) atoms. The smallest absolute Gasteiger partial charge is 0.0669 e. The summed E-state index contributed by atoms with van der Waals surface area (Å²) in [6, 6.07) is 0. The number of nitrogens with two attached hydrogens (primary N) is 1. The quantitative estimate of drug-likeness (QED) is 0.687. The Morgan fingerprint density at radius 1 is 1.17 bits per heavy atom. The van der Waals surface area contributed by atoms with Gasteiger partial charge in [0.25, 0.3) is 0 Å². The third-order valence-corrected chi connectivity index (χ3v) is 3.21. The van der Waals surface area contributed by atoms with Gasteiger partial charge in [0, 0.05) is 24.4 Å². The topological polar surface area (TPSA) is 53.1 Å². The summed E-state index contributed by atoms with van der Waals surface area (Å²) >= 11 is 0. The van der Waals surface area contributed by atoms with E-state index in [4.69, 9.17) is 10.5 Å². The van der Waals surface area contributed by atoms with Gasteiger partial charge in [0.15, 0.2) is 0 Å². The summed E-state index contributed by atoms with van der Waals surface area (Å²) in [5.74, 6) is 0. The van der Waals surface area contributed by atoms with E-state index < -0.39 is 0 Å². The molecule has 0 saturated heterocycles. The Labute approximate surface area is 111 Å². The highest BCUT2D eigenvalue weighted by atomic mass is 16.5. The molecule has 0 atom stereocenters. The minimum atomic E-state index is 0.586. The van der Waals surface area contributed by atoms with Crippen LogP contribution in [0.1, 0.15) is 50.6 Å². The monoisotopic (exact) mass is 253 g/mol. The predicted octanol–water partition coefficient (Wildman–Crippen LogP) is 2.28. The van der Waals surface area contributed by atoms with Crippen molar-refractivity contribution in [2.24, 2.45) is 5.73 Å². The highest BCUT2D eigenvalue weighted by Crippen LogP contribution is 2.15. The summed E-state index contributed by atoms with van der Waals surface area (Å²) in [6.45, 7) is 9.47. The second-order valence-electron chi connectivity index (χ2n) is 4.47. The lowest BCUT2D eigenvalue weighted by molar-refractivity contribution is 0.120. The van der Waals surface area contributed by atoms with E-state index in [1.807, 2.05) is 0 Å². The molecule has 0 aliphatic rings. The molecule has 2 N–H and O–H groups in total. The first-order valence-electron chi connectivity index (χ1n) is 7.13. The Kier molecular flexibility index (Phi) is 6.98. The van der Waals surface area contributed by atoms with E-state index in [2.05, 4.69) is 30.6 Å². The Hall–Kier alpha value is -0.870. The van der Waals surface area contributed by atoms with Crippen LogP contribution in [-0.4, -0.2) is 23.0 Å². The van der Waals surface area contributed by atoms with Gasteiger partial charge in [-0.1, -0.05) is 27.2 Å². The van der Waals surface area contributed by atoms with E-state index in [0.717, 1.165) is 44.7 Å². The van der Waals surface area contributed by atoms with Crippen LogP contribution in [0.2, 0.25) is 0 Å². The fourth-order valence-electron chi connectivity index (χ4n) is 2.19. The zero-order valence-corrected chi connectivity index (χ0v) is 12.0. The maximum atomic E-state index is 5.83. The van der Waals surface area contributed by atoms with Crippen LogP contribution in [0, 0.1) is 0 Å². The molecule has 0 amide bonds. The molecule has 104 valence electrons. The molecule has 4 nitrogen and oxygen atoms in total. The van der Waals surface area contributed by atoms with Crippen LogP contribution in [0.25, 0.3) is 0 Å². The third-order valence-electron chi connectivity index (χ3n) is 3.21. The average Bonchev–Trinajstić information content (AvgIpc) is 2.75. The summed E-state index contributed by atoms with van der Waals surface area (Å²) in [7, 11) is 0. The minimum absolute atomic E-state index is 0.586. The van der Waals surface area contributed by atoms with Crippen molar-refractivity contribution >= 4 is 0 Å². The van der Waals surface area contributed by atoms with E-state index in [1.165, 1.54) is 17.7 Å². The van der Waals surface area contributed by atoms with Crippen molar-refractivity contribution in [2.45, 2.75) is 59.5 Å². The summed E-state index contributed by atoms with van der Waals surface area (Å²) in [4.78, 5) is 0. The molecule has 0 saturated carbocycles. The number of aryl methyl sites for hydroxylation is 1. The second-order valence-corrected chi connectivity index (χ2v) is 4.47. The zero-order valence-electron chi connectivity index (χ0n) is 12.0. The van der Waals surface area contributed by atoms with Gasteiger partial charge in [0.05, 0.1) is 18.8 Å². The lowest BCUT2D eigenvalue weighted by atomic mass is 10.1. The molecule has 0 aliphatic carbocycles. The molecular formula is C14H27N3O. The number of unbranched alkanes of at least 4 members (excludes halogenated alkanes) is 1. The number of hydrogen-bond acceptors (Lipinski definition) is 3. The lowest BCUT2D eigenvalue weighted by Crippen LogP contribution is -2.12. The van der Waals surface area contributed by atoms with E-state index in [1.54, 1.807) is 0 Å². The lowest BCUT2D eigenvalue weighted by Gasteiger charge is -2.07. The van der Waals surface area contributed by atoms with Gasteiger partial charge in [-0.3, -0.25) is 4.68 Å². The summed E-state index contributed by atoms with van der Waals surface area (Å²) in [6.07, 6.45) is 4.24. The molecule has 0 fully saturated rings. The first-order chi connectivity index (χ1) is 8.78. The van der Waals surface area contributed by atoms with Gasteiger partial charge in [-0.15, -0.1) is 0 Å². The minimum Gasteiger partial charge on any atom is -0.380 e. The first kappa shape index (κ1) is 15.2. The standard InChI is InChI=1S/C14H27N3O/c1-4-7-9-18-10-8-17-14(6-3)12(11-15)13(5-2)16-17/h4-11,15H2,1-3H3. The van der Waals surface area contributed by atoms with Crippen molar-refractivity contribution < 1.29 is 4.74 Å². The maximum Gasteiger partial charge on any atom is 0.0669 e. The SMILES string of the molecule is CCCCOCCn1nc(CC)c(CN)c1CC. The van der Waals surface area contributed by atoms with Crippen LogP contribution in [0.5, 0.6) is 0 Å². The van der Waals surface area contributed by atoms with E-state index in [0.29, 0.717) is 6.54 Å². The van der Waals surface area contributed by atoms with Gasteiger partial charge in [-0.25, -0.2) is 0 Å². The van der Waals surface area contributed by atoms with Crippen LogP contribution >= 0.6 is 0 Å². The highest BCUT2D eigenvalue weighted by molar-refractivity contribution is 5.26. The Bertz CT molecular complexity index is 347. The fraction of sp³-hybridized carbons (Fsp3) is 0.786. The molecule has 1 rings (SSSR count). The third kappa shape index (κ3) is 3.82. The largest absolute Gasteiger partial charge is 0.380 e.